The Hall–Kier alpha value is -3.52. The molecule has 0 saturated carbocycles. The van der Waals surface area contributed by atoms with Crippen molar-refractivity contribution >= 4 is 11.4 Å². The van der Waals surface area contributed by atoms with Gasteiger partial charge < -0.3 is 11.5 Å². The summed E-state index contributed by atoms with van der Waals surface area (Å²) >= 11 is 0. The van der Waals surface area contributed by atoms with Gasteiger partial charge in [-0.25, -0.2) is 0 Å². The summed E-state index contributed by atoms with van der Waals surface area (Å²) in [6.45, 7) is 4.13. The first-order valence-electron chi connectivity index (χ1n) is 9.87. The van der Waals surface area contributed by atoms with Crippen LogP contribution >= 0.6 is 0 Å². The van der Waals surface area contributed by atoms with E-state index in [-0.39, 0.29) is 0 Å². The molecule has 2 heteroatoms. The molecule has 0 aliphatic heterocycles. The van der Waals surface area contributed by atoms with Gasteiger partial charge in [-0.3, -0.25) is 0 Å². The van der Waals surface area contributed by atoms with E-state index in [0.717, 1.165) is 22.5 Å². The molecule has 0 aromatic heterocycles. The predicted molar refractivity (Wildman–Crippen MR) is 123 cm³/mol. The van der Waals surface area contributed by atoms with Crippen molar-refractivity contribution in [3.8, 4) is 0 Å². The van der Waals surface area contributed by atoms with E-state index in [4.69, 9.17) is 11.5 Å². The molecule has 0 radical (unpaired) electrons. The van der Waals surface area contributed by atoms with Crippen molar-refractivity contribution < 1.29 is 0 Å². The lowest BCUT2D eigenvalue weighted by Gasteiger charge is -2.37. The molecule has 29 heavy (non-hydrogen) atoms. The molecule has 0 heterocycles. The van der Waals surface area contributed by atoms with Crippen molar-refractivity contribution in [3.05, 3.63) is 130 Å². The Morgan fingerprint density at radius 1 is 0.483 bits per heavy atom. The van der Waals surface area contributed by atoms with Crippen LogP contribution in [0.2, 0.25) is 0 Å². The standard InChI is InChI=1S/C27H26N2/c1-19-17-23(13-15-25(19)28)27(21-9-5-3-6-10-21,22-11-7-4-8-12-22)24-14-16-26(29)20(2)18-24/h3-18H,28-29H2,1-2H3. The van der Waals surface area contributed by atoms with E-state index in [9.17, 15) is 0 Å². The molecule has 0 unspecified atom stereocenters. The average Bonchev–Trinajstić information content (AvgIpc) is 2.75. The van der Waals surface area contributed by atoms with Crippen LogP contribution in [0.5, 0.6) is 0 Å². The number of hydrogen-bond donors (Lipinski definition) is 2. The highest BCUT2D eigenvalue weighted by Crippen LogP contribution is 2.46. The van der Waals surface area contributed by atoms with Crippen molar-refractivity contribution in [1.82, 2.24) is 0 Å². The number of nitrogens with two attached hydrogens (primary N) is 2. The van der Waals surface area contributed by atoms with Gasteiger partial charge in [0.2, 0.25) is 0 Å². The molecular formula is C27H26N2. The van der Waals surface area contributed by atoms with Crippen LogP contribution in [0, 0.1) is 13.8 Å². The van der Waals surface area contributed by atoms with Gasteiger partial charge in [-0.2, -0.15) is 0 Å². The Bertz CT molecular complexity index is 1040. The zero-order valence-corrected chi connectivity index (χ0v) is 16.9. The van der Waals surface area contributed by atoms with E-state index in [1.54, 1.807) is 0 Å². The molecule has 0 fully saturated rings. The topological polar surface area (TPSA) is 52.0 Å². The second-order valence-corrected chi connectivity index (χ2v) is 7.62. The summed E-state index contributed by atoms with van der Waals surface area (Å²) in [6, 6.07) is 34.0. The van der Waals surface area contributed by atoms with E-state index in [1.807, 2.05) is 12.1 Å². The maximum absolute atomic E-state index is 6.18. The first-order valence-corrected chi connectivity index (χ1v) is 9.87. The fraction of sp³-hybridized carbons (Fsp3) is 0.111. The van der Waals surface area contributed by atoms with E-state index < -0.39 is 5.41 Å². The molecule has 4 N–H and O–H groups in total. The van der Waals surface area contributed by atoms with Gasteiger partial charge in [0.1, 0.15) is 0 Å². The van der Waals surface area contributed by atoms with E-state index in [2.05, 4.69) is 98.8 Å². The molecule has 0 aliphatic rings. The van der Waals surface area contributed by atoms with Crippen LogP contribution in [0.15, 0.2) is 97.1 Å². The Labute approximate surface area is 172 Å². The van der Waals surface area contributed by atoms with E-state index in [0.29, 0.717) is 0 Å². The SMILES string of the molecule is Cc1cc(C(c2ccccc2)(c2ccccc2)c2ccc(N)c(C)c2)ccc1N. The third-order valence-corrected chi connectivity index (χ3v) is 5.82. The van der Waals surface area contributed by atoms with Crippen LogP contribution in [0.3, 0.4) is 0 Å². The van der Waals surface area contributed by atoms with Gasteiger partial charge in [0.05, 0.1) is 5.41 Å². The minimum atomic E-state index is -0.473. The van der Waals surface area contributed by atoms with E-state index in [1.165, 1.54) is 22.3 Å². The average molecular weight is 379 g/mol. The number of nitrogen functional groups attached to an aromatic ring is 2. The van der Waals surface area contributed by atoms with Crippen molar-refractivity contribution in [2.45, 2.75) is 19.3 Å². The van der Waals surface area contributed by atoms with Gasteiger partial charge in [-0.1, -0.05) is 84.9 Å². The summed E-state index contributed by atoms with van der Waals surface area (Å²) in [5.41, 5.74) is 20.4. The van der Waals surface area contributed by atoms with Crippen molar-refractivity contribution in [1.29, 1.82) is 0 Å². The smallest absolute Gasteiger partial charge is 0.0701 e. The van der Waals surface area contributed by atoms with Crippen LogP contribution in [0.1, 0.15) is 33.4 Å². The highest BCUT2D eigenvalue weighted by molar-refractivity contribution is 5.64. The quantitative estimate of drug-likeness (QED) is 0.346. The molecule has 4 rings (SSSR count). The monoisotopic (exact) mass is 378 g/mol. The minimum absolute atomic E-state index is 0.473. The van der Waals surface area contributed by atoms with Crippen LogP contribution in [-0.4, -0.2) is 0 Å². The molecule has 2 nitrogen and oxygen atoms in total. The molecule has 0 bridgehead atoms. The lowest BCUT2D eigenvalue weighted by Crippen LogP contribution is -2.31. The predicted octanol–water partition coefficient (Wildman–Crippen LogP) is 5.85. The fourth-order valence-electron chi connectivity index (χ4n) is 4.19. The van der Waals surface area contributed by atoms with Gasteiger partial charge >= 0.3 is 0 Å². The second kappa shape index (κ2) is 7.48. The summed E-state index contributed by atoms with van der Waals surface area (Å²) in [7, 11) is 0. The molecule has 0 aliphatic carbocycles. The molecule has 4 aromatic rings. The Morgan fingerprint density at radius 2 is 0.862 bits per heavy atom. The number of rotatable bonds is 4. The lowest BCUT2D eigenvalue weighted by atomic mass is 9.64. The molecule has 4 aromatic carbocycles. The fourth-order valence-corrected chi connectivity index (χ4v) is 4.19. The van der Waals surface area contributed by atoms with Crippen LogP contribution in [0.4, 0.5) is 11.4 Å². The van der Waals surface area contributed by atoms with Crippen LogP contribution in [0.25, 0.3) is 0 Å². The van der Waals surface area contributed by atoms with Crippen molar-refractivity contribution in [3.63, 3.8) is 0 Å². The summed E-state index contributed by atoms with van der Waals surface area (Å²) in [5, 5.41) is 0. The Kier molecular flexibility index (Phi) is 4.85. The largest absolute Gasteiger partial charge is 0.399 e. The molecule has 0 atom stereocenters. The third kappa shape index (κ3) is 3.17. The summed E-state index contributed by atoms with van der Waals surface area (Å²) in [6.07, 6.45) is 0. The Balaban J connectivity index is 2.16. The van der Waals surface area contributed by atoms with Gasteiger partial charge in [-0.05, 0) is 59.4 Å². The summed E-state index contributed by atoms with van der Waals surface area (Å²) in [5.74, 6) is 0. The van der Waals surface area contributed by atoms with Gasteiger partial charge in [0, 0.05) is 11.4 Å². The molecule has 0 amide bonds. The number of anilines is 2. The first kappa shape index (κ1) is 18.8. The number of hydrogen-bond acceptors (Lipinski definition) is 2. The van der Waals surface area contributed by atoms with Gasteiger partial charge in [0.15, 0.2) is 0 Å². The van der Waals surface area contributed by atoms with Crippen LogP contribution in [-0.2, 0) is 5.41 Å². The normalized spacial score (nSPS) is 11.4. The molecular weight excluding hydrogens is 352 g/mol. The molecule has 0 saturated heterocycles. The summed E-state index contributed by atoms with van der Waals surface area (Å²) in [4.78, 5) is 0. The van der Waals surface area contributed by atoms with Crippen LogP contribution < -0.4 is 11.5 Å². The highest BCUT2D eigenvalue weighted by atomic mass is 14.6. The maximum atomic E-state index is 6.18. The highest BCUT2D eigenvalue weighted by Gasteiger charge is 2.38. The number of benzene rings is 4. The third-order valence-electron chi connectivity index (χ3n) is 5.82. The van der Waals surface area contributed by atoms with Crippen molar-refractivity contribution in [2.24, 2.45) is 0 Å². The zero-order valence-electron chi connectivity index (χ0n) is 16.9. The summed E-state index contributed by atoms with van der Waals surface area (Å²) < 4.78 is 0. The first-order chi connectivity index (χ1) is 14.0. The molecule has 0 spiro atoms. The van der Waals surface area contributed by atoms with Crippen molar-refractivity contribution in [2.75, 3.05) is 11.5 Å². The number of aryl methyl sites for hydroxylation is 2. The zero-order chi connectivity index (χ0) is 20.4. The van der Waals surface area contributed by atoms with Gasteiger partial charge in [0.25, 0.3) is 0 Å². The maximum Gasteiger partial charge on any atom is 0.0701 e. The minimum Gasteiger partial charge on any atom is -0.399 e. The Morgan fingerprint density at radius 3 is 1.21 bits per heavy atom. The second-order valence-electron chi connectivity index (χ2n) is 7.62. The van der Waals surface area contributed by atoms with E-state index >= 15 is 0 Å². The molecule has 144 valence electrons. The van der Waals surface area contributed by atoms with Gasteiger partial charge in [-0.15, -0.1) is 0 Å². The lowest BCUT2D eigenvalue weighted by molar-refractivity contribution is 0.743.